The molecule has 0 aromatic heterocycles. The van der Waals surface area contributed by atoms with Gasteiger partial charge < -0.3 is 10.5 Å². The molecule has 2 N–H and O–H groups in total. The Morgan fingerprint density at radius 3 is 2.70 bits per heavy atom. The monoisotopic (exact) mass is 140 g/mol. The lowest BCUT2D eigenvalue weighted by Gasteiger charge is -2.18. The molecule has 0 aromatic rings. The Kier molecular flexibility index (Phi) is 1.93. The summed E-state index contributed by atoms with van der Waals surface area (Å²) < 4.78 is 4.85. The van der Waals surface area contributed by atoms with Gasteiger partial charge in [-0.3, -0.25) is 0 Å². The molecule has 0 aliphatic heterocycles. The van der Waals surface area contributed by atoms with Crippen molar-refractivity contribution in [3.63, 3.8) is 0 Å². The van der Waals surface area contributed by atoms with Crippen molar-refractivity contribution in [1.82, 2.24) is 0 Å². The van der Waals surface area contributed by atoms with Crippen molar-refractivity contribution in [2.24, 2.45) is 11.7 Å². The highest BCUT2D eigenvalue weighted by molar-refractivity contribution is 5.13. The molecule has 0 heterocycles. The second-order valence-electron chi connectivity index (χ2n) is 2.86. The van der Waals surface area contributed by atoms with E-state index in [-0.39, 0.29) is 0 Å². The van der Waals surface area contributed by atoms with Gasteiger partial charge in [0, 0.05) is 7.11 Å². The zero-order chi connectivity index (χ0) is 7.61. The molecular weight excluding hydrogens is 128 g/mol. The van der Waals surface area contributed by atoms with Crippen LogP contribution in [0.3, 0.4) is 0 Å². The minimum atomic E-state index is -0.714. The first-order valence-electron chi connectivity index (χ1n) is 3.42. The Balaban J connectivity index is 2.50. The zero-order valence-electron chi connectivity index (χ0n) is 6.13. The topological polar surface area (TPSA) is 59.0 Å². The van der Waals surface area contributed by atoms with E-state index in [4.69, 9.17) is 15.7 Å². The lowest BCUT2D eigenvalue weighted by atomic mass is 9.98. The van der Waals surface area contributed by atoms with Crippen molar-refractivity contribution in [2.45, 2.75) is 18.4 Å². The molecule has 3 heteroatoms. The van der Waals surface area contributed by atoms with Crippen LogP contribution in [0, 0.1) is 17.2 Å². The predicted molar refractivity (Wildman–Crippen MR) is 37.1 cm³/mol. The number of nitrogens with two attached hydrogens (primary N) is 1. The molecule has 1 rings (SSSR count). The van der Waals surface area contributed by atoms with Gasteiger partial charge in [-0.05, 0) is 18.8 Å². The molecule has 0 amide bonds. The second kappa shape index (κ2) is 2.57. The molecule has 1 fully saturated rings. The van der Waals surface area contributed by atoms with E-state index in [9.17, 15) is 0 Å². The number of rotatable bonds is 3. The number of hydrogen-bond donors (Lipinski definition) is 1. The molecule has 1 saturated carbocycles. The fourth-order valence-electron chi connectivity index (χ4n) is 1.08. The fraction of sp³-hybridized carbons (Fsp3) is 0.857. The molecule has 10 heavy (non-hydrogen) atoms. The Labute approximate surface area is 60.8 Å². The lowest BCUT2D eigenvalue weighted by molar-refractivity contribution is 0.146. The van der Waals surface area contributed by atoms with Crippen molar-refractivity contribution < 1.29 is 4.74 Å². The van der Waals surface area contributed by atoms with Crippen LogP contribution in [0.1, 0.15) is 12.8 Å². The third kappa shape index (κ3) is 1.28. The number of nitriles is 1. The summed E-state index contributed by atoms with van der Waals surface area (Å²) in [5, 5.41) is 8.67. The summed E-state index contributed by atoms with van der Waals surface area (Å²) in [6.45, 7) is 0.355. The molecule has 0 radical (unpaired) electrons. The van der Waals surface area contributed by atoms with Crippen LogP contribution >= 0.6 is 0 Å². The standard InChI is InChI=1S/C7H12N2O/c1-10-5-7(9,4-8)6-2-3-6/h6H,2-3,5,9H2,1H3. The zero-order valence-corrected chi connectivity index (χ0v) is 6.13. The first-order valence-corrected chi connectivity index (χ1v) is 3.42. The molecule has 1 aliphatic carbocycles. The van der Waals surface area contributed by atoms with E-state index in [1.807, 2.05) is 0 Å². The van der Waals surface area contributed by atoms with Crippen LogP contribution in [0.15, 0.2) is 0 Å². The van der Waals surface area contributed by atoms with Crippen LogP contribution < -0.4 is 5.73 Å². The van der Waals surface area contributed by atoms with E-state index >= 15 is 0 Å². The van der Waals surface area contributed by atoms with Gasteiger partial charge >= 0.3 is 0 Å². The van der Waals surface area contributed by atoms with Crippen molar-refractivity contribution in [2.75, 3.05) is 13.7 Å². The molecule has 3 nitrogen and oxygen atoms in total. The van der Waals surface area contributed by atoms with Gasteiger partial charge in [-0.15, -0.1) is 0 Å². The van der Waals surface area contributed by atoms with Gasteiger partial charge in [0.05, 0.1) is 12.7 Å². The quantitative estimate of drug-likeness (QED) is 0.612. The summed E-state index contributed by atoms with van der Waals surface area (Å²) >= 11 is 0. The molecule has 1 aliphatic rings. The Morgan fingerprint density at radius 2 is 2.40 bits per heavy atom. The summed E-state index contributed by atoms with van der Waals surface area (Å²) in [5.74, 6) is 0.373. The molecule has 0 bridgehead atoms. The highest BCUT2D eigenvalue weighted by Crippen LogP contribution is 2.37. The molecule has 1 atom stereocenters. The second-order valence-corrected chi connectivity index (χ2v) is 2.86. The molecule has 0 aromatic carbocycles. The van der Waals surface area contributed by atoms with Crippen molar-refractivity contribution in [3.8, 4) is 6.07 Å². The van der Waals surface area contributed by atoms with E-state index in [0.717, 1.165) is 12.8 Å². The number of nitrogens with zero attached hydrogens (tertiary/aromatic N) is 1. The third-order valence-corrected chi connectivity index (χ3v) is 1.90. The van der Waals surface area contributed by atoms with Crippen LogP contribution in [0.25, 0.3) is 0 Å². The molecule has 1 unspecified atom stereocenters. The first-order chi connectivity index (χ1) is 4.73. The van der Waals surface area contributed by atoms with E-state index < -0.39 is 5.54 Å². The van der Waals surface area contributed by atoms with E-state index in [0.29, 0.717) is 12.5 Å². The van der Waals surface area contributed by atoms with E-state index in [2.05, 4.69) is 6.07 Å². The maximum absolute atomic E-state index is 8.67. The van der Waals surface area contributed by atoms with Crippen LogP contribution in [0.2, 0.25) is 0 Å². The normalized spacial score (nSPS) is 23.3. The summed E-state index contributed by atoms with van der Waals surface area (Å²) in [6, 6.07) is 2.09. The average molecular weight is 140 g/mol. The van der Waals surface area contributed by atoms with Crippen LogP contribution in [0.5, 0.6) is 0 Å². The first kappa shape index (κ1) is 7.52. The summed E-state index contributed by atoms with van der Waals surface area (Å²) in [4.78, 5) is 0. The Morgan fingerprint density at radius 1 is 1.80 bits per heavy atom. The highest BCUT2D eigenvalue weighted by atomic mass is 16.5. The minimum Gasteiger partial charge on any atom is -0.382 e. The Bertz CT molecular complexity index is 159. The third-order valence-electron chi connectivity index (χ3n) is 1.90. The minimum absolute atomic E-state index is 0.355. The number of ether oxygens (including phenoxy) is 1. The van der Waals surface area contributed by atoms with Crippen molar-refractivity contribution in [3.05, 3.63) is 0 Å². The maximum atomic E-state index is 8.67. The van der Waals surface area contributed by atoms with Gasteiger partial charge in [0.2, 0.25) is 0 Å². The lowest BCUT2D eigenvalue weighted by Crippen LogP contribution is -2.45. The predicted octanol–water partition coefficient (Wildman–Crippen LogP) is 0.264. The van der Waals surface area contributed by atoms with Gasteiger partial charge in [0.15, 0.2) is 0 Å². The van der Waals surface area contributed by atoms with Gasteiger partial charge in [-0.1, -0.05) is 0 Å². The summed E-state index contributed by atoms with van der Waals surface area (Å²) in [5.41, 5.74) is 5.01. The Hall–Kier alpha value is -0.590. The van der Waals surface area contributed by atoms with E-state index in [1.54, 1.807) is 7.11 Å². The SMILES string of the molecule is COCC(N)(C#N)C1CC1. The van der Waals surface area contributed by atoms with Crippen LogP contribution in [-0.2, 0) is 4.74 Å². The van der Waals surface area contributed by atoms with Gasteiger partial charge in [0.25, 0.3) is 0 Å². The largest absolute Gasteiger partial charge is 0.382 e. The smallest absolute Gasteiger partial charge is 0.130 e. The number of hydrogen-bond acceptors (Lipinski definition) is 3. The van der Waals surface area contributed by atoms with Gasteiger partial charge in [-0.2, -0.15) is 5.26 Å². The van der Waals surface area contributed by atoms with Crippen LogP contribution in [0.4, 0.5) is 0 Å². The molecule has 0 spiro atoms. The van der Waals surface area contributed by atoms with Gasteiger partial charge in [0.1, 0.15) is 5.54 Å². The highest BCUT2D eigenvalue weighted by Gasteiger charge is 2.42. The molecule has 56 valence electrons. The average Bonchev–Trinajstić information content (AvgIpc) is 2.69. The fourth-order valence-corrected chi connectivity index (χ4v) is 1.08. The van der Waals surface area contributed by atoms with Crippen molar-refractivity contribution in [1.29, 1.82) is 5.26 Å². The molecular formula is C7H12N2O. The van der Waals surface area contributed by atoms with Crippen molar-refractivity contribution >= 4 is 0 Å². The summed E-state index contributed by atoms with van der Waals surface area (Å²) in [7, 11) is 1.57. The number of methoxy groups -OCH3 is 1. The summed E-state index contributed by atoms with van der Waals surface area (Å²) in [6.07, 6.45) is 2.15. The maximum Gasteiger partial charge on any atom is 0.130 e. The van der Waals surface area contributed by atoms with Crippen LogP contribution in [-0.4, -0.2) is 19.3 Å². The molecule has 0 saturated heterocycles. The van der Waals surface area contributed by atoms with Gasteiger partial charge in [-0.25, -0.2) is 0 Å². The van der Waals surface area contributed by atoms with E-state index in [1.165, 1.54) is 0 Å².